The molecule has 4 amide bonds. The molecule has 224 valence electrons. The van der Waals surface area contributed by atoms with Crippen LogP contribution in [0.15, 0.2) is 42.5 Å². The van der Waals surface area contributed by atoms with E-state index in [1.165, 1.54) is 10.5 Å². The standard InChI is InChI=1S/C33H42N4O5/c1-32(2,3)42-31(41)35(6)24-10-8-22(9-11-24)23-15-17-36(18-16-23)20-21-7-12-26-25(19-21)33(4,5)30(40)37(26)27-13-14-28(38)34-29(27)39/h7-12,19,23,27H,13-18,20H2,1-6H3,(H,34,38,39). The van der Waals surface area contributed by atoms with Crippen molar-refractivity contribution in [3.63, 3.8) is 0 Å². The molecule has 0 bridgehead atoms. The molecule has 1 N–H and O–H groups in total. The number of amides is 4. The molecule has 2 aromatic carbocycles. The van der Waals surface area contributed by atoms with Gasteiger partial charge in [0.05, 0.1) is 5.41 Å². The molecule has 2 aromatic rings. The summed E-state index contributed by atoms with van der Waals surface area (Å²) in [6, 6.07) is 13.7. The fourth-order valence-electron chi connectivity index (χ4n) is 6.24. The van der Waals surface area contributed by atoms with Crippen molar-refractivity contribution < 1.29 is 23.9 Å². The van der Waals surface area contributed by atoms with Gasteiger partial charge in [-0.3, -0.25) is 34.4 Å². The highest BCUT2D eigenvalue weighted by Crippen LogP contribution is 2.44. The summed E-state index contributed by atoms with van der Waals surface area (Å²) in [5.41, 5.74) is 3.64. The third-order valence-electron chi connectivity index (χ3n) is 8.68. The molecule has 3 aliphatic heterocycles. The number of imide groups is 1. The van der Waals surface area contributed by atoms with Crippen molar-refractivity contribution in [2.75, 3.05) is 29.9 Å². The van der Waals surface area contributed by atoms with Crippen molar-refractivity contribution in [3.05, 3.63) is 59.2 Å². The first-order chi connectivity index (χ1) is 19.7. The third-order valence-corrected chi connectivity index (χ3v) is 8.68. The number of carbonyl (C=O) groups excluding carboxylic acids is 4. The van der Waals surface area contributed by atoms with E-state index in [-0.39, 0.29) is 24.3 Å². The monoisotopic (exact) mass is 574 g/mol. The molecule has 3 heterocycles. The quantitative estimate of drug-likeness (QED) is 0.512. The maximum absolute atomic E-state index is 13.5. The summed E-state index contributed by atoms with van der Waals surface area (Å²) in [5.74, 6) is -0.335. The van der Waals surface area contributed by atoms with Gasteiger partial charge >= 0.3 is 6.09 Å². The van der Waals surface area contributed by atoms with Gasteiger partial charge in [-0.2, -0.15) is 0 Å². The van der Waals surface area contributed by atoms with Crippen LogP contribution in [0.4, 0.5) is 16.2 Å². The first-order valence-electron chi connectivity index (χ1n) is 14.8. The summed E-state index contributed by atoms with van der Waals surface area (Å²) in [6.07, 6.45) is 2.29. The lowest BCUT2D eigenvalue weighted by Crippen LogP contribution is -2.55. The Morgan fingerprint density at radius 2 is 1.69 bits per heavy atom. The molecule has 0 saturated carbocycles. The zero-order chi connectivity index (χ0) is 30.4. The van der Waals surface area contributed by atoms with Crippen LogP contribution >= 0.6 is 0 Å². The molecular formula is C33H42N4O5. The molecule has 5 rings (SSSR count). The van der Waals surface area contributed by atoms with Crippen LogP contribution in [0.1, 0.15) is 82.9 Å². The van der Waals surface area contributed by atoms with E-state index in [0.29, 0.717) is 12.3 Å². The molecule has 0 aliphatic carbocycles. The van der Waals surface area contributed by atoms with Gasteiger partial charge in [0.25, 0.3) is 0 Å². The Bertz CT molecular complexity index is 1390. The molecule has 9 heteroatoms. The van der Waals surface area contributed by atoms with Gasteiger partial charge in [0, 0.05) is 31.4 Å². The maximum Gasteiger partial charge on any atom is 0.414 e. The molecule has 2 fully saturated rings. The average Bonchev–Trinajstić information content (AvgIpc) is 3.12. The lowest BCUT2D eigenvalue weighted by Gasteiger charge is -2.32. The number of anilines is 2. The van der Waals surface area contributed by atoms with E-state index in [1.807, 2.05) is 52.8 Å². The van der Waals surface area contributed by atoms with Gasteiger partial charge in [0.15, 0.2) is 0 Å². The number of rotatable bonds is 5. The second-order valence-electron chi connectivity index (χ2n) is 13.3. The summed E-state index contributed by atoms with van der Waals surface area (Å²) in [7, 11) is 1.73. The van der Waals surface area contributed by atoms with Crippen LogP contribution in [0.3, 0.4) is 0 Å². The van der Waals surface area contributed by atoms with Gasteiger partial charge < -0.3 is 4.74 Å². The molecule has 0 radical (unpaired) electrons. The fourth-order valence-corrected chi connectivity index (χ4v) is 6.24. The van der Waals surface area contributed by atoms with Crippen molar-refractivity contribution in [2.45, 2.75) is 89.8 Å². The Labute approximate surface area is 248 Å². The van der Waals surface area contributed by atoms with Crippen molar-refractivity contribution in [3.8, 4) is 0 Å². The number of fused-ring (bicyclic) bond motifs is 1. The number of nitrogens with zero attached hydrogens (tertiary/aromatic N) is 3. The van der Waals surface area contributed by atoms with E-state index in [0.717, 1.165) is 55.0 Å². The molecule has 9 nitrogen and oxygen atoms in total. The van der Waals surface area contributed by atoms with Gasteiger partial charge in [-0.15, -0.1) is 0 Å². The van der Waals surface area contributed by atoms with Gasteiger partial charge in [-0.25, -0.2) is 4.79 Å². The largest absolute Gasteiger partial charge is 0.443 e. The van der Waals surface area contributed by atoms with E-state index in [1.54, 1.807) is 11.9 Å². The lowest BCUT2D eigenvalue weighted by atomic mass is 9.85. The summed E-state index contributed by atoms with van der Waals surface area (Å²) < 4.78 is 5.48. The van der Waals surface area contributed by atoms with E-state index in [2.05, 4.69) is 34.5 Å². The van der Waals surface area contributed by atoms with Crippen LogP contribution in [0, 0.1) is 0 Å². The number of nitrogens with one attached hydrogen (secondary N) is 1. The zero-order valence-corrected chi connectivity index (χ0v) is 25.5. The highest BCUT2D eigenvalue weighted by Gasteiger charge is 2.49. The molecule has 3 aliphatic rings. The van der Waals surface area contributed by atoms with Crippen LogP contribution in [-0.2, 0) is 31.1 Å². The number of ether oxygens (including phenoxy) is 1. The summed E-state index contributed by atoms with van der Waals surface area (Å²) in [5, 5.41) is 2.39. The first-order valence-corrected chi connectivity index (χ1v) is 14.8. The number of piperidine rings is 2. The maximum atomic E-state index is 13.5. The predicted molar refractivity (Wildman–Crippen MR) is 161 cm³/mol. The second kappa shape index (κ2) is 11.2. The summed E-state index contributed by atoms with van der Waals surface area (Å²) in [4.78, 5) is 55.7. The third kappa shape index (κ3) is 5.93. The van der Waals surface area contributed by atoms with E-state index in [9.17, 15) is 19.2 Å². The average molecular weight is 575 g/mol. The molecule has 2 saturated heterocycles. The highest BCUT2D eigenvalue weighted by molar-refractivity contribution is 6.13. The smallest absolute Gasteiger partial charge is 0.414 e. The molecule has 1 atom stereocenters. The van der Waals surface area contributed by atoms with Gasteiger partial charge in [0.1, 0.15) is 11.6 Å². The molecule has 0 aromatic heterocycles. The van der Waals surface area contributed by atoms with Crippen LogP contribution < -0.4 is 15.1 Å². The number of hydrogen-bond donors (Lipinski definition) is 1. The molecule has 1 unspecified atom stereocenters. The van der Waals surface area contributed by atoms with Crippen molar-refractivity contribution in [2.24, 2.45) is 0 Å². The summed E-state index contributed by atoms with van der Waals surface area (Å²) >= 11 is 0. The van der Waals surface area contributed by atoms with Crippen LogP contribution in [0.2, 0.25) is 0 Å². The summed E-state index contributed by atoms with van der Waals surface area (Å²) in [6.45, 7) is 12.1. The highest BCUT2D eigenvalue weighted by atomic mass is 16.6. The van der Waals surface area contributed by atoms with Crippen LogP contribution in [0.25, 0.3) is 0 Å². The Balaban J connectivity index is 1.21. The number of hydrogen-bond acceptors (Lipinski definition) is 6. The second-order valence-corrected chi connectivity index (χ2v) is 13.3. The number of benzene rings is 2. The Kier molecular flexibility index (Phi) is 7.91. The van der Waals surface area contributed by atoms with E-state index in [4.69, 9.17) is 4.74 Å². The van der Waals surface area contributed by atoms with E-state index < -0.39 is 23.0 Å². The number of likely N-dealkylation sites (tertiary alicyclic amines) is 1. The molecular weight excluding hydrogens is 532 g/mol. The van der Waals surface area contributed by atoms with Gasteiger partial charge in [-0.05, 0) is 108 Å². The topological polar surface area (TPSA) is 99.3 Å². The van der Waals surface area contributed by atoms with Crippen molar-refractivity contribution >= 4 is 35.2 Å². The van der Waals surface area contributed by atoms with Gasteiger partial charge in [-0.1, -0.05) is 24.3 Å². The Morgan fingerprint density at radius 3 is 2.31 bits per heavy atom. The normalized spacial score (nSPS) is 21.2. The zero-order valence-electron chi connectivity index (χ0n) is 25.5. The van der Waals surface area contributed by atoms with Crippen LogP contribution in [-0.4, -0.2) is 60.5 Å². The minimum absolute atomic E-state index is 0.103. The van der Waals surface area contributed by atoms with E-state index >= 15 is 0 Å². The van der Waals surface area contributed by atoms with Crippen LogP contribution in [0.5, 0.6) is 0 Å². The fraction of sp³-hybridized carbons (Fsp3) is 0.515. The number of carbonyl (C=O) groups is 4. The van der Waals surface area contributed by atoms with Crippen molar-refractivity contribution in [1.29, 1.82) is 0 Å². The minimum Gasteiger partial charge on any atom is -0.443 e. The molecule has 0 spiro atoms. The van der Waals surface area contributed by atoms with Crippen molar-refractivity contribution in [1.82, 2.24) is 10.2 Å². The molecule has 42 heavy (non-hydrogen) atoms. The Morgan fingerprint density at radius 1 is 1.02 bits per heavy atom. The lowest BCUT2D eigenvalue weighted by molar-refractivity contribution is -0.136. The predicted octanol–water partition coefficient (Wildman–Crippen LogP) is 4.87. The SMILES string of the molecule is CN(C(=O)OC(C)(C)C)c1ccc(C2CCN(Cc3ccc4c(c3)C(C)(C)C(=O)N4C3CCC(=O)NC3=O)CC2)cc1. The minimum atomic E-state index is -0.746. The Hall–Kier alpha value is -3.72. The van der Waals surface area contributed by atoms with Gasteiger partial charge in [0.2, 0.25) is 17.7 Å². The first kappa shape index (κ1) is 29.8.